The van der Waals surface area contributed by atoms with E-state index in [1.807, 2.05) is 30.3 Å². The van der Waals surface area contributed by atoms with E-state index in [9.17, 15) is 4.79 Å². The fraction of sp³-hybridized carbons (Fsp3) is 0.250. The summed E-state index contributed by atoms with van der Waals surface area (Å²) in [5.74, 6) is -0.358. The van der Waals surface area contributed by atoms with Crippen LogP contribution in [-0.2, 0) is 0 Å². The highest BCUT2D eigenvalue weighted by Crippen LogP contribution is 2.21. The quantitative estimate of drug-likeness (QED) is 0.756. The van der Waals surface area contributed by atoms with Gasteiger partial charge in [-0.15, -0.1) is 5.10 Å². The van der Waals surface area contributed by atoms with E-state index in [-0.39, 0.29) is 24.2 Å². The average Bonchev–Trinajstić information content (AvgIpc) is 2.95. The minimum absolute atomic E-state index is 0.133. The van der Waals surface area contributed by atoms with Crippen molar-refractivity contribution in [1.29, 1.82) is 0 Å². The zero-order chi connectivity index (χ0) is 16.4. The van der Waals surface area contributed by atoms with Crippen LogP contribution >= 0.6 is 0 Å². The van der Waals surface area contributed by atoms with Gasteiger partial charge in [0.05, 0.1) is 23.5 Å². The first-order chi connectivity index (χ1) is 11.1. The maximum absolute atomic E-state index is 12.2. The third-order valence-corrected chi connectivity index (χ3v) is 3.60. The molecule has 2 aromatic heterocycles. The van der Waals surface area contributed by atoms with Crippen molar-refractivity contribution in [3.8, 4) is 5.69 Å². The lowest BCUT2D eigenvalue weighted by Gasteiger charge is -2.10. The van der Waals surface area contributed by atoms with Gasteiger partial charge in [0.2, 0.25) is 0 Å². The van der Waals surface area contributed by atoms with Crippen molar-refractivity contribution in [2.45, 2.75) is 19.9 Å². The summed E-state index contributed by atoms with van der Waals surface area (Å²) in [6, 6.07) is 9.26. The highest BCUT2D eigenvalue weighted by Gasteiger charge is 2.19. The van der Waals surface area contributed by atoms with Gasteiger partial charge in [-0.3, -0.25) is 9.78 Å². The molecule has 3 rings (SSSR count). The summed E-state index contributed by atoms with van der Waals surface area (Å²) in [6.45, 7) is 3.36. The standard InChI is InChI=1S/C16H17N5O2/c1-10(9-22)18-16(23)14-11(2)21(20-19-14)13-7-3-5-12-6-4-8-17-15(12)13/h3-8,10,22H,9H2,1-2H3,(H,18,23). The first-order valence-electron chi connectivity index (χ1n) is 7.30. The number of benzene rings is 1. The van der Waals surface area contributed by atoms with E-state index >= 15 is 0 Å². The number of aliphatic hydroxyl groups excluding tert-OH is 1. The normalized spacial score (nSPS) is 12.3. The smallest absolute Gasteiger partial charge is 0.274 e. The Balaban J connectivity index is 2.03. The Kier molecular flexibility index (Phi) is 4.03. The highest BCUT2D eigenvalue weighted by atomic mass is 16.3. The molecule has 2 heterocycles. The molecule has 3 aromatic rings. The van der Waals surface area contributed by atoms with Crippen LogP contribution in [0.5, 0.6) is 0 Å². The molecular formula is C16H17N5O2. The molecule has 1 atom stereocenters. The Morgan fingerprint density at radius 2 is 2.13 bits per heavy atom. The molecule has 1 aromatic carbocycles. The van der Waals surface area contributed by atoms with Crippen molar-refractivity contribution >= 4 is 16.8 Å². The molecule has 7 nitrogen and oxygen atoms in total. The summed E-state index contributed by atoms with van der Waals surface area (Å²) in [6.07, 6.45) is 1.72. The first kappa shape index (κ1) is 15.1. The lowest BCUT2D eigenvalue weighted by molar-refractivity contribution is 0.0916. The topological polar surface area (TPSA) is 92.9 Å². The number of aliphatic hydroxyl groups is 1. The minimum Gasteiger partial charge on any atom is -0.394 e. The zero-order valence-electron chi connectivity index (χ0n) is 12.9. The van der Waals surface area contributed by atoms with Gasteiger partial charge in [0.1, 0.15) is 0 Å². The van der Waals surface area contributed by atoms with E-state index in [0.717, 1.165) is 16.6 Å². The molecule has 1 unspecified atom stereocenters. The number of hydrogen-bond donors (Lipinski definition) is 2. The predicted octanol–water partition coefficient (Wildman–Crippen LogP) is 1.23. The fourth-order valence-corrected chi connectivity index (χ4v) is 2.36. The molecule has 0 radical (unpaired) electrons. The number of nitrogens with zero attached hydrogens (tertiary/aromatic N) is 4. The van der Waals surface area contributed by atoms with E-state index < -0.39 is 0 Å². The molecule has 23 heavy (non-hydrogen) atoms. The molecular weight excluding hydrogens is 294 g/mol. The Morgan fingerprint density at radius 1 is 1.35 bits per heavy atom. The van der Waals surface area contributed by atoms with Crippen molar-refractivity contribution in [3.05, 3.63) is 47.9 Å². The molecule has 0 saturated carbocycles. The Hall–Kier alpha value is -2.80. The summed E-state index contributed by atoms with van der Waals surface area (Å²) < 4.78 is 1.61. The van der Waals surface area contributed by atoms with E-state index in [4.69, 9.17) is 5.11 Å². The van der Waals surface area contributed by atoms with Gasteiger partial charge in [0.15, 0.2) is 5.69 Å². The van der Waals surface area contributed by atoms with Crippen LogP contribution in [-0.4, -0.2) is 43.6 Å². The zero-order valence-corrected chi connectivity index (χ0v) is 12.9. The van der Waals surface area contributed by atoms with Crippen LogP contribution in [0, 0.1) is 6.92 Å². The van der Waals surface area contributed by atoms with Crippen molar-refractivity contribution in [1.82, 2.24) is 25.3 Å². The van der Waals surface area contributed by atoms with Crippen molar-refractivity contribution < 1.29 is 9.90 Å². The molecule has 0 aliphatic carbocycles. The third-order valence-electron chi connectivity index (χ3n) is 3.60. The Morgan fingerprint density at radius 3 is 2.91 bits per heavy atom. The van der Waals surface area contributed by atoms with E-state index in [2.05, 4.69) is 20.6 Å². The molecule has 2 N–H and O–H groups in total. The largest absolute Gasteiger partial charge is 0.394 e. The van der Waals surface area contributed by atoms with Crippen LogP contribution in [0.3, 0.4) is 0 Å². The number of amides is 1. The Labute approximate surface area is 133 Å². The third kappa shape index (κ3) is 2.78. The summed E-state index contributed by atoms with van der Waals surface area (Å²) >= 11 is 0. The molecule has 0 aliphatic heterocycles. The van der Waals surface area contributed by atoms with E-state index in [1.165, 1.54) is 0 Å². The van der Waals surface area contributed by atoms with Crippen LogP contribution in [0.4, 0.5) is 0 Å². The number of fused-ring (bicyclic) bond motifs is 1. The summed E-state index contributed by atoms with van der Waals surface area (Å²) in [4.78, 5) is 16.6. The van der Waals surface area contributed by atoms with Crippen LogP contribution in [0.2, 0.25) is 0 Å². The first-order valence-corrected chi connectivity index (χ1v) is 7.30. The van der Waals surface area contributed by atoms with Gasteiger partial charge in [-0.1, -0.05) is 23.4 Å². The molecule has 1 amide bonds. The van der Waals surface area contributed by atoms with Crippen LogP contribution in [0.25, 0.3) is 16.6 Å². The van der Waals surface area contributed by atoms with Gasteiger partial charge in [-0.2, -0.15) is 0 Å². The molecule has 0 aliphatic rings. The Bertz CT molecular complexity index is 853. The van der Waals surface area contributed by atoms with Gasteiger partial charge in [-0.25, -0.2) is 4.68 Å². The highest BCUT2D eigenvalue weighted by molar-refractivity contribution is 5.94. The second kappa shape index (κ2) is 6.13. The number of nitrogens with one attached hydrogen (secondary N) is 1. The molecule has 0 bridgehead atoms. The van der Waals surface area contributed by atoms with Crippen LogP contribution in [0.15, 0.2) is 36.5 Å². The second-order valence-electron chi connectivity index (χ2n) is 5.34. The minimum atomic E-state index is -0.358. The molecule has 7 heteroatoms. The van der Waals surface area contributed by atoms with Crippen molar-refractivity contribution in [2.24, 2.45) is 0 Å². The van der Waals surface area contributed by atoms with E-state index in [0.29, 0.717) is 5.69 Å². The number of hydrogen-bond acceptors (Lipinski definition) is 5. The summed E-state index contributed by atoms with van der Waals surface area (Å²) in [7, 11) is 0. The van der Waals surface area contributed by atoms with Crippen LogP contribution in [0.1, 0.15) is 23.1 Å². The number of carbonyl (C=O) groups excluding carboxylic acids is 1. The fourth-order valence-electron chi connectivity index (χ4n) is 2.36. The second-order valence-corrected chi connectivity index (χ2v) is 5.34. The molecule has 0 saturated heterocycles. The number of carbonyl (C=O) groups is 1. The number of rotatable bonds is 4. The predicted molar refractivity (Wildman–Crippen MR) is 85.4 cm³/mol. The maximum atomic E-state index is 12.2. The van der Waals surface area contributed by atoms with Gasteiger partial charge >= 0.3 is 0 Å². The van der Waals surface area contributed by atoms with Crippen molar-refractivity contribution in [3.63, 3.8) is 0 Å². The molecule has 0 spiro atoms. The molecule has 0 fully saturated rings. The van der Waals surface area contributed by atoms with Gasteiger partial charge in [-0.05, 0) is 26.0 Å². The number of aromatic nitrogens is 4. The van der Waals surface area contributed by atoms with Gasteiger partial charge in [0, 0.05) is 17.6 Å². The van der Waals surface area contributed by atoms with Gasteiger partial charge < -0.3 is 10.4 Å². The summed E-state index contributed by atoms with van der Waals surface area (Å²) in [5.41, 5.74) is 2.41. The van der Waals surface area contributed by atoms with Crippen LogP contribution < -0.4 is 5.32 Å². The lowest BCUT2D eigenvalue weighted by Crippen LogP contribution is -2.35. The van der Waals surface area contributed by atoms with Crippen molar-refractivity contribution in [2.75, 3.05) is 6.61 Å². The SMILES string of the molecule is Cc1c(C(=O)NC(C)CO)nnn1-c1cccc2cccnc12. The average molecular weight is 311 g/mol. The van der Waals surface area contributed by atoms with Gasteiger partial charge in [0.25, 0.3) is 5.91 Å². The number of pyridine rings is 1. The number of para-hydroxylation sites is 1. The monoisotopic (exact) mass is 311 g/mol. The van der Waals surface area contributed by atoms with E-state index in [1.54, 1.807) is 24.7 Å². The molecule has 118 valence electrons. The lowest BCUT2D eigenvalue weighted by atomic mass is 10.2. The summed E-state index contributed by atoms with van der Waals surface area (Å²) in [5, 5.41) is 20.8. The maximum Gasteiger partial charge on any atom is 0.274 e.